The van der Waals surface area contributed by atoms with Crippen LogP contribution in [0.4, 0.5) is 5.69 Å². The number of aromatic nitrogens is 1. The Morgan fingerprint density at radius 3 is 2.10 bits per heavy atom. The number of nitro benzene ring substituents is 1. The van der Waals surface area contributed by atoms with Crippen molar-refractivity contribution < 1.29 is 15.1 Å². The van der Waals surface area contributed by atoms with Crippen LogP contribution in [-0.2, 0) is 0 Å². The van der Waals surface area contributed by atoms with E-state index in [-0.39, 0.29) is 34.2 Å². The molecular formula is C25H18N2O4. The molecule has 2 N–H and O–H groups in total. The van der Waals surface area contributed by atoms with Gasteiger partial charge in [-0.2, -0.15) is 0 Å². The second-order valence-corrected chi connectivity index (χ2v) is 8.10. The van der Waals surface area contributed by atoms with E-state index in [1.807, 2.05) is 36.4 Å². The van der Waals surface area contributed by atoms with E-state index >= 15 is 0 Å². The highest BCUT2D eigenvalue weighted by Gasteiger charge is 2.41. The third-order valence-electron chi connectivity index (χ3n) is 6.55. The minimum absolute atomic E-state index is 0.0464. The maximum atomic E-state index is 11.5. The smallest absolute Gasteiger partial charge is 0.277 e. The largest absolute Gasteiger partial charge is 0.494 e. The first-order valence-corrected chi connectivity index (χ1v) is 10.2. The summed E-state index contributed by atoms with van der Waals surface area (Å²) in [6.07, 6.45) is 5.07. The summed E-state index contributed by atoms with van der Waals surface area (Å²) in [5, 5.41) is 35.0. The number of hydrogen-bond acceptors (Lipinski definition) is 4. The number of allylic oxidation sites excluding steroid dienone is 2. The van der Waals surface area contributed by atoms with Gasteiger partial charge in [0.1, 0.15) is 0 Å². The van der Waals surface area contributed by atoms with Crippen LogP contribution in [0.25, 0.3) is 27.6 Å². The summed E-state index contributed by atoms with van der Waals surface area (Å²) in [6, 6.07) is 17.9. The summed E-state index contributed by atoms with van der Waals surface area (Å²) in [5.74, 6) is 0.366. The molecule has 1 heterocycles. The summed E-state index contributed by atoms with van der Waals surface area (Å²) in [4.78, 5) is 11.1. The molecule has 6 heteroatoms. The number of rotatable bonds is 3. The predicted molar refractivity (Wildman–Crippen MR) is 118 cm³/mol. The van der Waals surface area contributed by atoms with Crippen LogP contribution in [0.3, 0.4) is 0 Å². The minimum atomic E-state index is -0.380. The summed E-state index contributed by atoms with van der Waals surface area (Å²) in [6.45, 7) is 0. The van der Waals surface area contributed by atoms with Gasteiger partial charge in [0.2, 0.25) is 11.8 Å². The fraction of sp³-hybridized carbons (Fsp3) is 0.120. The standard InChI is InChI=1S/C25H18N2O4/c28-24-22-14-9-10-15(13-14)23(22)25(29)26(24)20-8-4-3-6-18(20)17-11-12-21(27(30)31)19-7-2-1-5-16(17)19/h1-12,14-15,28-29H,13H2/t14-,15+. The van der Waals surface area contributed by atoms with E-state index in [1.54, 1.807) is 18.2 Å². The van der Waals surface area contributed by atoms with E-state index in [4.69, 9.17) is 0 Å². The minimum Gasteiger partial charge on any atom is -0.494 e. The second-order valence-electron chi connectivity index (χ2n) is 8.10. The van der Waals surface area contributed by atoms with E-state index < -0.39 is 0 Å². The van der Waals surface area contributed by atoms with Gasteiger partial charge in [0.05, 0.1) is 16.0 Å². The molecule has 0 unspecified atom stereocenters. The summed E-state index contributed by atoms with van der Waals surface area (Å²) in [7, 11) is 0. The molecule has 2 aliphatic rings. The number of fused-ring (bicyclic) bond motifs is 6. The molecular weight excluding hydrogens is 392 g/mol. The molecule has 1 aromatic heterocycles. The van der Waals surface area contributed by atoms with Crippen molar-refractivity contribution in [3.63, 3.8) is 0 Å². The lowest BCUT2D eigenvalue weighted by Crippen LogP contribution is -1.99. The number of benzene rings is 3. The van der Waals surface area contributed by atoms with Crippen LogP contribution >= 0.6 is 0 Å². The van der Waals surface area contributed by atoms with Crippen LogP contribution in [0, 0.1) is 10.1 Å². The summed E-state index contributed by atoms with van der Waals surface area (Å²) < 4.78 is 1.50. The average Bonchev–Trinajstić information content (AvgIpc) is 3.46. The van der Waals surface area contributed by atoms with Crippen molar-refractivity contribution in [1.29, 1.82) is 0 Å². The highest BCUT2D eigenvalue weighted by Crippen LogP contribution is 2.57. The zero-order chi connectivity index (χ0) is 21.3. The molecule has 6 rings (SSSR count). The Balaban J connectivity index is 1.62. The molecule has 3 aromatic carbocycles. The molecule has 0 saturated carbocycles. The van der Waals surface area contributed by atoms with Gasteiger partial charge < -0.3 is 10.2 Å². The van der Waals surface area contributed by atoms with E-state index in [0.29, 0.717) is 11.1 Å². The molecule has 2 atom stereocenters. The number of hydrogen-bond donors (Lipinski definition) is 2. The first-order valence-electron chi connectivity index (χ1n) is 10.2. The predicted octanol–water partition coefficient (Wildman–Crippen LogP) is 5.76. The first-order chi connectivity index (χ1) is 15.1. The van der Waals surface area contributed by atoms with Crippen molar-refractivity contribution in [2.75, 3.05) is 0 Å². The Morgan fingerprint density at radius 1 is 0.806 bits per heavy atom. The molecule has 0 radical (unpaired) electrons. The van der Waals surface area contributed by atoms with Crippen molar-refractivity contribution in [3.8, 4) is 28.6 Å². The van der Waals surface area contributed by atoms with Crippen molar-refractivity contribution in [1.82, 2.24) is 4.57 Å². The number of para-hydroxylation sites is 1. The highest BCUT2D eigenvalue weighted by molar-refractivity contribution is 6.03. The lowest BCUT2D eigenvalue weighted by molar-refractivity contribution is -0.383. The maximum Gasteiger partial charge on any atom is 0.277 e. The molecule has 4 aromatic rings. The monoisotopic (exact) mass is 410 g/mol. The molecule has 0 spiro atoms. The van der Waals surface area contributed by atoms with Gasteiger partial charge in [0.25, 0.3) is 5.69 Å². The van der Waals surface area contributed by atoms with Gasteiger partial charge in [-0.05, 0) is 35.6 Å². The van der Waals surface area contributed by atoms with Gasteiger partial charge in [0.15, 0.2) is 0 Å². The highest BCUT2D eigenvalue weighted by atomic mass is 16.6. The third-order valence-corrected chi connectivity index (χ3v) is 6.55. The van der Waals surface area contributed by atoms with E-state index in [2.05, 4.69) is 12.2 Å². The Morgan fingerprint density at radius 2 is 1.42 bits per heavy atom. The molecule has 2 aliphatic carbocycles. The van der Waals surface area contributed by atoms with Crippen LogP contribution < -0.4 is 0 Å². The molecule has 0 aliphatic heterocycles. The van der Waals surface area contributed by atoms with Crippen molar-refractivity contribution in [2.24, 2.45) is 0 Å². The van der Waals surface area contributed by atoms with Gasteiger partial charge in [0, 0.05) is 34.6 Å². The first kappa shape index (κ1) is 17.8. The summed E-state index contributed by atoms with van der Waals surface area (Å²) >= 11 is 0. The van der Waals surface area contributed by atoms with Gasteiger partial charge in [-0.25, -0.2) is 0 Å². The number of nitrogens with zero attached hydrogens (tertiary/aromatic N) is 2. The van der Waals surface area contributed by atoms with E-state index in [1.165, 1.54) is 10.6 Å². The zero-order valence-corrected chi connectivity index (χ0v) is 16.4. The maximum absolute atomic E-state index is 11.5. The Kier molecular flexibility index (Phi) is 3.56. The molecule has 31 heavy (non-hydrogen) atoms. The van der Waals surface area contributed by atoms with Crippen LogP contribution in [0.1, 0.15) is 29.4 Å². The molecule has 152 valence electrons. The van der Waals surface area contributed by atoms with Gasteiger partial charge in [-0.15, -0.1) is 0 Å². The number of non-ortho nitro benzene ring substituents is 1. The van der Waals surface area contributed by atoms with Gasteiger partial charge in [-0.1, -0.05) is 48.6 Å². The number of aromatic hydroxyl groups is 2. The quantitative estimate of drug-likeness (QED) is 0.255. The van der Waals surface area contributed by atoms with E-state index in [0.717, 1.165) is 34.1 Å². The van der Waals surface area contributed by atoms with Gasteiger partial charge >= 0.3 is 0 Å². The second kappa shape index (κ2) is 6.22. The average molecular weight is 410 g/mol. The fourth-order valence-electron chi connectivity index (χ4n) is 5.24. The van der Waals surface area contributed by atoms with Crippen LogP contribution in [0.5, 0.6) is 11.8 Å². The molecule has 6 nitrogen and oxygen atoms in total. The zero-order valence-electron chi connectivity index (χ0n) is 16.4. The van der Waals surface area contributed by atoms with Crippen LogP contribution in [-0.4, -0.2) is 19.7 Å². The van der Waals surface area contributed by atoms with Crippen LogP contribution in [0.15, 0.2) is 72.8 Å². The Hall–Kier alpha value is -4.06. The molecule has 0 fully saturated rings. The van der Waals surface area contributed by atoms with Crippen molar-refractivity contribution in [3.05, 3.63) is 94.1 Å². The lowest BCUT2D eigenvalue weighted by Gasteiger charge is -2.16. The fourth-order valence-corrected chi connectivity index (χ4v) is 5.24. The Labute approximate surface area is 177 Å². The molecule has 0 amide bonds. The lowest BCUT2D eigenvalue weighted by atomic mass is 9.96. The molecule has 0 saturated heterocycles. The topological polar surface area (TPSA) is 88.5 Å². The van der Waals surface area contributed by atoms with E-state index in [9.17, 15) is 20.3 Å². The van der Waals surface area contributed by atoms with Crippen LogP contribution in [0.2, 0.25) is 0 Å². The van der Waals surface area contributed by atoms with Gasteiger partial charge in [-0.3, -0.25) is 14.7 Å². The van der Waals surface area contributed by atoms with Crippen molar-refractivity contribution >= 4 is 16.5 Å². The Bertz CT molecular complexity index is 1400. The van der Waals surface area contributed by atoms with Crippen molar-refractivity contribution in [2.45, 2.75) is 18.3 Å². The summed E-state index contributed by atoms with van der Waals surface area (Å²) in [5.41, 5.74) is 3.84. The molecule has 2 bridgehead atoms. The third kappa shape index (κ3) is 2.33. The SMILES string of the molecule is O=[N+]([O-])c1ccc(-c2ccccc2-n2c(O)c3c(c2O)[C@H]2C=C[C@@H]3C2)c2ccccc12. The normalized spacial score (nSPS) is 18.6. The number of nitro groups is 1.